The van der Waals surface area contributed by atoms with Crippen LogP contribution in [0.3, 0.4) is 0 Å². The first-order valence-corrected chi connectivity index (χ1v) is 10.7. The van der Waals surface area contributed by atoms with Crippen molar-refractivity contribution < 1.29 is 22.7 Å². The van der Waals surface area contributed by atoms with Crippen LogP contribution in [0.5, 0.6) is 11.5 Å². The summed E-state index contributed by atoms with van der Waals surface area (Å²) in [4.78, 5) is 10.9. The Morgan fingerprint density at radius 3 is 2.45 bits per heavy atom. The van der Waals surface area contributed by atoms with Gasteiger partial charge in [-0.05, 0) is 61.0 Å². The second-order valence-electron chi connectivity index (χ2n) is 6.44. The second-order valence-corrected chi connectivity index (χ2v) is 8.25. The molecular formula is C22H23NO5S. The lowest BCUT2D eigenvalue weighted by Gasteiger charge is -2.10. The Morgan fingerprint density at radius 1 is 1.07 bits per heavy atom. The van der Waals surface area contributed by atoms with Gasteiger partial charge < -0.3 is 9.47 Å². The van der Waals surface area contributed by atoms with E-state index in [0.717, 1.165) is 12.8 Å². The maximum absolute atomic E-state index is 13.3. The molecular weight excluding hydrogens is 390 g/mol. The summed E-state index contributed by atoms with van der Waals surface area (Å²) < 4.78 is 38.6. The average molecular weight is 413 g/mol. The number of carbonyl (C=O) groups is 1. The highest BCUT2D eigenvalue weighted by molar-refractivity contribution is 7.90. The molecule has 29 heavy (non-hydrogen) atoms. The first kappa shape index (κ1) is 20.7. The molecule has 0 aliphatic carbocycles. The highest BCUT2D eigenvalue weighted by Gasteiger charge is 2.21. The van der Waals surface area contributed by atoms with E-state index in [0.29, 0.717) is 40.9 Å². The Hall–Kier alpha value is -3.06. The Morgan fingerprint density at radius 2 is 1.79 bits per heavy atom. The van der Waals surface area contributed by atoms with Gasteiger partial charge in [0.25, 0.3) is 10.0 Å². The molecule has 0 saturated heterocycles. The van der Waals surface area contributed by atoms with Crippen molar-refractivity contribution in [2.45, 2.75) is 24.7 Å². The van der Waals surface area contributed by atoms with Gasteiger partial charge >= 0.3 is 0 Å². The SMILES string of the molecule is CCCCOc1ccc(S(=O)(=O)n2cc(C=CC=O)c3cc(OC)ccc32)cc1. The molecule has 0 atom stereocenters. The van der Waals surface area contributed by atoms with Crippen LogP contribution in [0.1, 0.15) is 25.3 Å². The topological polar surface area (TPSA) is 74.6 Å². The van der Waals surface area contributed by atoms with Gasteiger partial charge in [-0.2, -0.15) is 0 Å². The van der Waals surface area contributed by atoms with Gasteiger partial charge in [0.05, 0.1) is 24.1 Å². The minimum atomic E-state index is -3.83. The zero-order valence-corrected chi connectivity index (χ0v) is 17.2. The number of methoxy groups -OCH3 is 1. The van der Waals surface area contributed by atoms with Crippen molar-refractivity contribution >= 4 is 33.3 Å². The fourth-order valence-corrected chi connectivity index (χ4v) is 4.34. The Bertz CT molecular complexity index is 1130. The van der Waals surface area contributed by atoms with Crippen molar-refractivity contribution in [1.29, 1.82) is 0 Å². The quantitative estimate of drug-likeness (QED) is 0.297. The molecule has 0 spiro atoms. The van der Waals surface area contributed by atoms with Crippen LogP contribution in [-0.4, -0.2) is 32.4 Å². The van der Waals surface area contributed by atoms with Crippen LogP contribution >= 0.6 is 0 Å². The number of rotatable bonds is 9. The minimum Gasteiger partial charge on any atom is -0.497 e. The highest BCUT2D eigenvalue weighted by atomic mass is 32.2. The molecule has 152 valence electrons. The van der Waals surface area contributed by atoms with Crippen LogP contribution in [-0.2, 0) is 14.8 Å². The molecule has 0 fully saturated rings. The Kier molecular flexibility index (Phi) is 6.39. The second kappa shape index (κ2) is 8.96. The molecule has 0 amide bonds. The van der Waals surface area contributed by atoms with Crippen molar-refractivity contribution in [2.24, 2.45) is 0 Å². The first-order chi connectivity index (χ1) is 14.0. The summed E-state index contributed by atoms with van der Waals surface area (Å²) in [5.41, 5.74) is 1.11. The summed E-state index contributed by atoms with van der Waals surface area (Å²) in [5.74, 6) is 1.23. The van der Waals surface area contributed by atoms with Gasteiger partial charge in [0.2, 0.25) is 0 Å². The number of unbranched alkanes of at least 4 members (excludes halogenated alkanes) is 1. The van der Waals surface area contributed by atoms with E-state index in [1.807, 2.05) is 0 Å². The number of aldehydes is 1. The summed E-state index contributed by atoms with van der Waals surface area (Å²) in [5, 5.41) is 0.672. The number of benzene rings is 2. The van der Waals surface area contributed by atoms with Gasteiger partial charge in [0.15, 0.2) is 0 Å². The van der Waals surface area contributed by atoms with E-state index in [4.69, 9.17) is 9.47 Å². The van der Waals surface area contributed by atoms with Crippen LogP contribution in [0.25, 0.3) is 17.0 Å². The summed E-state index contributed by atoms with van der Waals surface area (Å²) in [6.45, 7) is 2.67. The summed E-state index contributed by atoms with van der Waals surface area (Å²) in [6, 6.07) is 11.5. The van der Waals surface area contributed by atoms with E-state index < -0.39 is 10.0 Å². The smallest absolute Gasteiger partial charge is 0.268 e. The molecule has 6 nitrogen and oxygen atoms in total. The zero-order chi connectivity index (χ0) is 20.9. The molecule has 1 heterocycles. The number of fused-ring (bicyclic) bond motifs is 1. The van der Waals surface area contributed by atoms with Crippen molar-refractivity contribution in [2.75, 3.05) is 13.7 Å². The van der Waals surface area contributed by atoms with Crippen molar-refractivity contribution in [3.05, 3.63) is 60.3 Å². The van der Waals surface area contributed by atoms with Crippen molar-refractivity contribution in [3.8, 4) is 11.5 Å². The molecule has 0 saturated carbocycles. The van der Waals surface area contributed by atoms with Gasteiger partial charge in [-0.15, -0.1) is 0 Å². The molecule has 1 aromatic heterocycles. The van der Waals surface area contributed by atoms with Crippen LogP contribution in [0.4, 0.5) is 0 Å². The van der Waals surface area contributed by atoms with Gasteiger partial charge in [0.1, 0.15) is 17.8 Å². The number of carbonyl (C=O) groups excluding carboxylic acids is 1. The molecule has 0 aliphatic rings. The normalized spacial score (nSPS) is 11.8. The summed E-state index contributed by atoms with van der Waals surface area (Å²) in [7, 11) is -2.29. The number of hydrogen-bond acceptors (Lipinski definition) is 5. The molecule has 2 aromatic carbocycles. The molecule has 0 bridgehead atoms. The molecule has 0 radical (unpaired) electrons. The summed E-state index contributed by atoms with van der Waals surface area (Å²) in [6.07, 6.45) is 7.02. The lowest BCUT2D eigenvalue weighted by molar-refractivity contribution is -0.104. The van der Waals surface area contributed by atoms with Crippen LogP contribution in [0, 0.1) is 0 Å². The fraction of sp³-hybridized carbons (Fsp3) is 0.227. The van der Waals surface area contributed by atoms with Crippen LogP contribution in [0.2, 0.25) is 0 Å². The zero-order valence-electron chi connectivity index (χ0n) is 16.4. The molecule has 0 aliphatic heterocycles. The number of hydrogen-bond donors (Lipinski definition) is 0. The largest absolute Gasteiger partial charge is 0.497 e. The van der Waals surface area contributed by atoms with E-state index in [9.17, 15) is 13.2 Å². The number of aromatic nitrogens is 1. The Labute approximate surface area is 170 Å². The third kappa shape index (κ3) is 4.35. The van der Waals surface area contributed by atoms with Crippen molar-refractivity contribution in [3.63, 3.8) is 0 Å². The van der Waals surface area contributed by atoms with E-state index in [2.05, 4.69) is 6.92 Å². The predicted molar refractivity (Wildman–Crippen MR) is 113 cm³/mol. The lowest BCUT2D eigenvalue weighted by atomic mass is 10.1. The molecule has 0 unspecified atom stereocenters. The minimum absolute atomic E-state index is 0.152. The van der Waals surface area contributed by atoms with E-state index in [-0.39, 0.29) is 4.90 Å². The van der Waals surface area contributed by atoms with Gasteiger partial charge in [-0.3, -0.25) is 4.79 Å². The van der Waals surface area contributed by atoms with Gasteiger partial charge in [0, 0.05) is 17.1 Å². The van der Waals surface area contributed by atoms with Crippen LogP contribution < -0.4 is 9.47 Å². The van der Waals surface area contributed by atoms with E-state index >= 15 is 0 Å². The third-order valence-electron chi connectivity index (χ3n) is 4.51. The maximum atomic E-state index is 13.3. The number of nitrogens with zero attached hydrogens (tertiary/aromatic N) is 1. The molecule has 0 N–H and O–H groups in total. The van der Waals surface area contributed by atoms with Gasteiger partial charge in [-0.1, -0.05) is 13.3 Å². The van der Waals surface area contributed by atoms with Crippen LogP contribution in [0.15, 0.2) is 59.6 Å². The standard InChI is InChI=1S/C22H23NO5S/c1-3-4-14-28-18-7-10-20(11-8-18)29(25,26)23-16-17(6-5-13-24)21-15-19(27-2)9-12-22(21)23/h5-13,15-16H,3-4,14H2,1-2H3. The number of ether oxygens (including phenoxy) is 2. The van der Waals surface area contributed by atoms with E-state index in [1.165, 1.54) is 28.4 Å². The average Bonchev–Trinajstić information content (AvgIpc) is 3.11. The molecule has 7 heteroatoms. The van der Waals surface area contributed by atoms with Gasteiger partial charge in [-0.25, -0.2) is 12.4 Å². The highest BCUT2D eigenvalue weighted by Crippen LogP contribution is 2.30. The van der Waals surface area contributed by atoms with Crippen molar-refractivity contribution in [1.82, 2.24) is 3.97 Å². The summed E-state index contributed by atoms with van der Waals surface area (Å²) >= 11 is 0. The third-order valence-corrected chi connectivity index (χ3v) is 6.20. The van der Waals surface area contributed by atoms with E-state index in [1.54, 1.807) is 43.5 Å². The Balaban J connectivity index is 2.04. The fourth-order valence-electron chi connectivity index (χ4n) is 2.96. The molecule has 3 rings (SSSR count). The number of allylic oxidation sites excluding steroid dienone is 1. The monoisotopic (exact) mass is 413 g/mol. The lowest BCUT2D eigenvalue weighted by Crippen LogP contribution is -2.11. The first-order valence-electron chi connectivity index (χ1n) is 9.30. The maximum Gasteiger partial charge on any atom is 0.268 e. The molecule has 3 aromatic rings. The predicted octanol–water partition coefficient (Wildman–Crippen LogP) is 4.28.